The molecule has 192 valence electrons. The second-order valence-corrected chi connectivity index (χ2v) is 9.37. The van der Waals surface area contributed by atoms with Gasteiger partial charge in [0.15, 0.2) is 5.69 Å². The number of rotatable bonds is 10. The van der Waals surface area contributed by atoms with Crippen LogP contribution in [0.1, 0.15) is 80.8 Å². The summed E-state index contributed by atoms with van der Waals surface area (Å²) in [4.78, 5) is 20.7. The zero-order chi connectivity index (χ0) is 25.8. The lowest BCUT2D eigenvalue weighted by Gasteiger charge is -2.26. The normalized spacial score (nSPS) is 14.7. The summed E-state index contributed by atoms with van der Waals surface area (Å²) in [5.41, 5.74) is 2.41. The van der Waals surface area contributed by atoms with Crippen LogP contribution in [0.25, 0.3) is 5.69 Å². The van der Waals surface area contributed by atoms with Crippen LogP contribution in [-0.2, 0) is 6.54 Å². The van der Waals surface area contributed by atoms with Gasteiger partial charge >= 0.3 is 0 Å². The molecule has 0 aliphatic carbocycles. The molecule has 0 spiro atoms. The van der Waals surface area contributed by atoms with Gasteiger partial charge in [-0.1, -0.05) is 50.6 Å². The van der Waals surface area contributed by atoms with Gasteiger partial charge in [-0.15, -0.1) is 18.2 Å². The number of alkyl halides is 1. The fourth-order valence-corrected chi connectivity index (χ4v) is 4.36. The van der Waals surface area contributed by atoms with E-state index in [-0.39, 0.29) is 17.9 Å². The first-order valence-electron chi connectivity index (χ1n) is 12.5. The fraction of sp³-hybridized carbons (Fsp3) is 0.500. The highest BCUT2D eigenvalue weighted by Gasteiger charge is 2.29. The summed E-state index contributed by atoms with van der Waals surface area (Å²) >= 11 is 10.8. The number of amides is 1. The number of nitrogens with zero attached hydrogens (tertiary/aromatic N) is 3. The van der Waals surface area contributed by atoms with Crippen molar-refractivity contribution in [2.75, 3.05) is 19.5 Å². The minimum atomic E-state index is 0.0267. The van der Waals surface area contributed by atoms with E-state index in [2.05, 4.69) is 61.0 Å². The van der Waals surface area contributed by atoms with E-state index < -0.39 is 0 Å². The molecule has 2 aromatic rings. The van der Waals surface area contributed by atoms with E-state index in [9.17, 15) is 4.79 Å². The molecule has 1 saturated heterocycles. The molecule has 1 aromatic heterocycles. The second kappa shape index (κ2) is 15.1. The average molecular weight is 520 g/mol. The lowest BCUT2D eigenvalue weighted by molar-refractivity contribution is 0.0717. The molecule has 3 rings (SSSR count). The highest BCUT2D eigenvalue weighted by molar-refractivity contribution is 6.30. The maximum absolute atomic E-state index is 13.7. The van der Waals surface area contributed by atoms with Crippen molar-refractivity contribution in [3.63, 3.8) is 0 Å². The quantitative estimate of drug-likeness (QED) is 0.268. The largest absolute Gasteiger partial charge is 0.337 e. The van der Waals surface area contributed by atoms with Gasteiger partial charge in [-0.3, -0.25) is 9.36 Å². The molecule has 1 aliphatic heterocycles. The molecule has 1 N–H and O–H groups in total. The molecule has 0 radical (unpaired) electrons. The number of hydrogen-bond donors (Lipinski definition) is 1. The van der Waals surface area contributed by atoms with E-state index in [0.717, 1.165) is 56.0 Å². The number of halogens is 2. The summed E-state index contributed by atoms with van der Waals surface area (Å²) in [5, 5.41) is 4.19. The highest BCUT2D eigenvalue weighted by atomic mass is 35.5. The molecule has 0 bridgehead atoms. The topological polar surface area (TPSA) is 50.2 Å². The lowest BCUT2D eigenvalue weighted by atomic mass is 10.0. The first kappa shape index (κ1) is 29.2. The Bertz CT molecular complexity index is 960. The van der Waals surface area contributed by atoms with E-state index >= 15 is 0 Å². The van der Waals surface area contributed by atoms with Crippen molar-refractivity contribution in [3.8, 4) is 5.69 Å². The molecule has 1 aliphatic rings. The van der Waals surface area contributed by atoms with Gasteiger partial charge in [0.1, 0.15) is 5.82 Å². The van der Waals surface area contributed by atoms with Gasteiger partial charge in [0.25, 0.3) is 5.91 Å². The number of imidazole rings is 1. The molecule has 1 fully saturated rings. The van der Waals surface area contributed by atoms with E-state index in [1.165, 1.54) is 12.8 Å². The number of carbonyl (C=O) groups is 1. The van der Waals surface area contributed by atoms with Gasteiger partial charge in [-0.05, 0) is 56.4 Å². The molecule has 1 unspecified atom stereocenters. The molecule has 35 heavy (non-hydrogen) atoms. The van der Waals surface area contributed by atoms with Gasteiger partial charge in [-0.25, -0.2) is 4.98 Å². The minimum Gasteiger partial charge on any atom is -0.337 e. The van der Waals surface area contributed by atoms with Crippen molar-refractivity contribution in [2.45, 2.75) is 71.4 Å². The maximum atomic E-state index is 13.7. The summed E-state index contributed by atoms with van der Waals surface area (Å²) in [5.74, 6) is 0.919. The van der Waals surface area contributed by atoms with Crippen LogP contribution in [0.15, 0.2) is 49.1 Å². The van der Waals surface area contributed by atoms with E-state index in [0.29, 0.717) is 17.3 Å². The van der Waals surface area contributed by atoms with E-state index in [1.807, 2.05) is 35.2 Å². The van der Waals surface area contributed by atoms with E-state index in [1.54, 1.807) is 0 Å². The summed E-state index contributed by atoms with van der Waals surface area (Å²) in [6.45, 7) is 12.5. The molecule has 1 atom stereocenters. The summed E-state index contributed by atoms with van der Waals surface area (Å²) in [6, 6.07) is 8.05. The Balaban J connectivity index is 0.00000210. The standard InChI is InChI=1S/C27H37ClN4O.CH3Cl/c1-5-7-12-21(11-6-2)26-30-25(27(33)31-17-9-8-10-18-31)24(19-29-20(3)4)32(26)23-15-13-22(28)14-16-23;1-2/h6-7,12-16,20-21,29H,2,5,8-11,17-19H2,1,3-4H3;1H3/b12-7-;. The molecule has 1 amide bonds. The van der Waals surface area contributed by atoms with Crippen LogP contribution in [0, 0.1) is 0 Å². The zero-order valence-corrected chi connectivity index (χ0v) is 23.1. The minimum absolute atomic E-state index is 0.0267. The number of carbonyl (C=O) groups excluding carboxylic acids is 1. The number of allylic oxidation sites excluding steroid dienone is 3. The zero-order valence-electron chi connectivity index (χ0n) is 21.6. The van der Waals surface area contributed by atoms with Crippen molar-refractivity contribution >= 4 is 29.1 Å². The highest BCUT2D eigenvalue weighted by Crippen LogP contribution is 2.30. The van der Waals surface area contributed by atoms with Gasteiger partial charge < -0.3 is 10.2 Å². The number of hydrogen-bond acceptors (Lipinski definition) is 3. The SMILES string of the molecule is C=CCC(/C=C\CC)c1nc(C(=O)N2CCCCC2)c(CNC(C)C)n1-c1ccc(Cl)cc1.CCl. The Morgan fingerprint density at radius 1 is 1.17 bits per heavy atom. The Kier molecular flexibility index (Phi) is 12.6. The van der Waals surface area contributed by atoms with Crippen LogP contribution in [0.4, 0.5) is 0 Å². The second-order valence-electron chi connectivity index (χ2n) is 8.93. The number of nitrogens with one attached hydrogen (secondary N) is 1. The number of piperidine rings is 1. The molecule has 0 saturated carbocycles. The first-order chi connectivity index (χ1) is 17.0. The Hall–Kier alpha value is -2.08. The van der Waals surface area contributed by atoms with Crippen molar-refractivity contribution in [2.24, 2.45) is 0 Å². The van der Waals surface area contributed by atoms with Crippen LogP contribution < -0.4 is 5.32 Å². The predicted octanol–water partition coefficient (Wildman–Crippen LogP) is 7.13. The fourth-order valence-electron chi connectivity index (χ4n) is 4.23. The van der Waals surface area contributed by atoms with Crippen LogP contribution in [0.3, 0.4) is 0 Å². The first-order valence-corrected chi connectivity index (χ1v) is 13.6. The summed E-state index contributed by atoms with van der Waals surface area (Å²) < 4.78 is 2.15. The third-order valence-corrected chi connectivity index (χ3v) is 6.22. The van der Waals surface area contributed by atoms with Crippen molar-refractivity contribution in [1.82, 2.24) is 19.8 Å². The predicted molar refractivity (Wildman–Crippen MR) is 149 cm³/mol. The third kappa shape index (κ3) is 7.96. The molecule has 2 heterocycles. The monoisotopic (exact) mass is 518 g/mol. The van der Waals surface area contributed by atoms with Crippen LogP contribution in [0.5, 0.6) is 0 Å². The Morgan fingerprint density at radius 3 is 2.40 bits per heavy atom. The Morgan fingerprint density at radius 2 is 1.83 bits per heavy atom. The van der Waals surface area contributed by atoms with Crippen LogP contribution in [0.2, 0.25) is 5.02 Å². The molecule has 7 heteroatoms. The molecule has 1 aromatic carbocycles. The molecule has 5 nitrogen and oxygen atoms in total. The maximum Gasteiger partial charge on any atom is 0.274 e. The lowest BCUT2D eigenvalue weighted by Crippen LogP contribution is -2.37. The van der Waals surface area contributed by atoms with Crippen LogP contribution >= 0.6 is 23.2 Å². The van der Waals surface area contributed by atoms with Gasteiger partial charge in [0, 0.05) is 48.7 Å². The third-order valence-electron chi connectivity index (χ3n) is 5.96. The summed E-state index contributed by atoms with van der Waals surface area (Å²) in [7, 11) is 0. The Labute approximate surface area is 221 Å². The van der Waals surface area contributed by atoms with Crippen LogP contribution in [-0.4, -0.2) is 45.9 Å². The van der Waals surface area contributed by atoms with Crippen molar-refractivity contribution in [3.05, 3.63) is 71.3 Å². The molecular formula is C28H40Cl2N4O. The van der Waals surface area contributed by atoms with Crippen molar-refractivity contribution < 1.29 is 4.79 Å². The van der Waals surface area contributed by atoms with E-state index in [4.69, 9.17) is 16.6 Å². The van der Waals surface area contributed by atoms with Gasteiger partial charge in [-0.2, -0.15) is 0 Å². The smallest absolute Gasteiger partial charge is 0.274 e. The molecular weight excluding hydrogens is 479 g/mol. The summed E-state index contributed by atoms with van der Waals surface area (Å²) in [6.07, 6.45) is 12.7. The number of benzene rings is 1. The number of likely N-dealkylation sites (tertiary alicyclic amines) is 1. The van der Waals surface area contributed by atoms with Gasteiger partial charge in [0.05, 0.1) is 5.69 Å². The average Bonchev–Trinajstić information content (AvgIpc) is 3.26. The van der Waals surface area contributed by atoms with Crippen molar-refractivity contribution in [1.29, 1.82) is 0 Å². The van der Waals surface area contributed by atoms with Gasteiger partial charge in [0.2, 0.25) is 0 Å². The number of aromatic nitrogens is 2.